The molecule has 2 nitrogen and oxygen atoms in total. The van der Waals surface area contributed by atoms with Crippen LogP contribution in [0.2, 0.25) is 3.54 Å². The number of aromatic carboxylic acids is 1. The molecule has 0 fully saturated rings. The Kier molecular flexibility index (Phi) is 5.80. The topological polar surface area (TPSA) is 40.1 Å². The maximum absolute atomic E-state index is 10.1. The third kappa shape index (κ3) is 9.54. The molecule has 0 unspecified atom stereocenters. The second-order valence-corrected chi connectivity index (χ2v) is 6.34. The predicted octanol–water partition coefficient (Wildman–Crippen LogP) is 1.42. The zero-order valence-electron chi connectivity index (χ0n) is 8.91. The van der Waals surface area contributed by atoms with Crippen LogP contribution in [-0.2, 0) is 0 Å². The van der Waals surface area contributed by atoms with Crippen LogP contribution >= 0.6 is 0 Å². The number of hydrogen-bond donors (Lipinski definition) is 0. The third-order valence-corrected chi connectivity index (χ3v) is 1.01. The Hall–Kier alpha value is -0.544. The summed E-state index contributed by atoms with van der Waals surface area (Å²) in [4.78, 5) is 10.1. The molecule has 0 heterocycles. The molecule has 1 rings (SSSR count). The van der Waals surface area contributed by atoms with E-state index in [9.17, 15) is 9.90 Å². The first-order valence-corrected chi connectivity index (χ1v) is 5.13. The zero-order chi connectivity index (χ0) is 11.2. The van der Waals surface area contributed by atoms with Crippen molar-refractivity contribution >= 4 is 27.7 Å². The van der Waals surface area contributed by atoms with Gasteiger partial charge in [-0.3, -0.25) is 0 Å². The largest absolute Gasteiger partial charge is 0.545 e. The SMILES string of the molecule is C[C](C)(C)[Mg+].O=C([O-])c1ccccc1. The summed E-state index contributed by atoms with van der Waals surface area (Å²) >= 11 is 2.01. The Morgan fingerprint density at radius 1 is 1.21 bits per heavy atom. The van der Waals surface area contributed by atoms with Crippen molar-refractivity contribution in [1.82, 2.24) is 0 Å². The van der Waals surface area contributed by atoms with Crippen LogP contribution in [0.15, 0.2) is 30.3 Å². The van der Waals surface area contributed by atoms with Gasteiger partial charge in [-0.2, -0.15) is 0 Å². The minimum Gasteiger partial charge on any atom is -0.545 e. The molecule has 0 aromatic heterocycles. The summed E-state index contributed by atoms with van der Waals surface area (Å²) in [5, 5.41) is 10.1. The minimum atomic E-state index is -1.13. The van der Waals surface area contributed by atoms with Crippen molar-refractivity contribution in [2.75, 3.05) is 0 Å². The Labute approximate surface area is 97.8 Å². The molecular formula is C11H14MgO2. The predicted molar refractivity (Wildman–Crippen MR) is 56.2 cm³/mol. The van der Waals surface area contributed by atoms with Gasteiger partial charge in [-0.25, -0.2) is 0 Å². The summed E-state index contributed by atoms with van der Waals surface area (Å²) in [7, 11) is 0. The van der Waals surface area contributed by atoms with Gasteiger partial charge in [0.15, 0.2) is 0 Å². The van der Waals surface area contributed by atoms with E-state index in [1.165, 1.54) is 12.1 Å². The number of carbonyl (C=O) groups excluding carboxylic acids is 1. The smallest absolute Gasteiger partial charge is 0.0715 e. The third-order valence-electron chi connectivity index (χ3n) is 1.01. The van der Waals surface area contributed by atoms with E-state index in [-0.39, 0.29) is 5.56 Å². The fourth-order valence-corrected chi connectivity index (χ4v) is 0.574. The van der Waals surface area contributed by atoms with E-state index in [1.54, 1.807) is 18.2 Å². The van der Waals surface area contributed by atoms with Gasteiger partial charge >= 0.3 is 46.0 Å². The van der Waals surface area contributed by atoms with Crippen molar-refractivity contribution in [3.05, 3.63) is 35.9 Å². The van der Waals surface area contributed by atoms with Crippen LogP contribution in [0.1, 0.15) is 31.1 Å². The number of carboxylic acids is 1. The molecule has 14 heavy (non-hydrogen) atoms. The van der Waals surface area contributed by atoms with Crippen molar-refractivity contribution < 1.29 is 9.90 Å². The van der Waals surface area contributed by atoms with Crippen molar-refractivity contribution in [3.8, 4) is 0 Å². The van der Waals surface area contributed by atoms with Crippen LogP contribution in [0.25, 0.3) is 0 Å². The number of hydrogen-bond acceptors (Lipinski definition) is 2. The molecule has 0 N–H and O–H groups in total. The Bertz CT molecular complexity index is 269. The van der Waals surface area contributed by atoms with E-state index < -0.39 is 5.97 Å². The summed E-state index contributed by atoms with van der Waals surface area (Å²) in [5.74, 6) is -1.13. The molecule has 0 saturated heterocycles. The van der Waals surface area contributed by atoms with Crippen LogP contribution in [0, 0.1) is 0 Å². The van der Waals surface area contributed by atoms with E-state index in [4.69, 9.17) is 0 Å². The Morgan fingerprint density at radius 2 is 1.57 bits per heavy atom. The monoisotopic (exact) mass is 202 g/mol. The molecule has 0 spiro atoms. The van der Waals surface area contributed by atoms with Crippen molar-refractivity contribution in [1.29, 1.82) is 0 Å². The van der Waals surface area contributed by atoms with Gasteiger partial charge in [0.25, 0.3) is 0 Å². The number of rotatable bonds is 1. The van der Waals surface area contributed by atoms with E-state index in [0.717, 1.165) is 0 Å². The van der Waals surface area contributed by atoms with E-state index in [1.807, 2.05) is 21.7 Å². The van der Waals surface area contributed by atoms with Gasteiger partial charge in [-0.1, -0.05) is 30.3 Å². The maximum atomic E-state index is 10.1. The van der Waals surface area contributed by atoms with E-state index in [2.05, 4.69) is 20.8 Å². The second kappa shape index (κ2) is 6.04. The molecule has 0 saturated carbocycles. The number of carboxylic acid groups (broad SMARTS) is 1. The average Bonchev–Trinajstić information content (AvgIpc) is 2.03. The van der Waals surface area contributed by atoms with Crippen LogP contribution in [0.4, 0.5) is 0 Å². The van der Waals surface area contributed by atoms with E-state index >= 15 is 0 Å². The number of benzene rings is 1. The minimum absolute atomic E-state index is 0.220. The molecule has 0 radical (unpaired) electrons. The fraction of sp³-hybridized carbons (Fsp3) is 0.364. The van der Waals surface area contributed by atoms with Gasteiger partial charge in [0, 0.05) is 0 Å². The first-order valence-electron chi connectivity index (χ1n) is 4.42. The van der Waals surface area contributed by atoms with Crippen LogP contribution in [0.3, 0.4) is 0 Å². The summed E-state index contributed by atoms with van der Waals surface area (Å²) in [6.45, 7) is 6.60. The van der Waals surface area contributed by atoms with Gasteiger partial charge in [0.05, 0.1) is 5.97 Å². The summed E-state index contributed by atoms with van der Waals surface area (Å²) < 4.78 is 0.528. The molecule has 1 aromatic carbocycles. The van der Waals surface area contributed by atoms with Crippen LogP contribution in [0.5, 0.6) is 0 Å². The Balaban J connectivity index is 0.000000292. The molecule has 0 aliphatic heterocycles. The molecule has 0 atom stereocenters. The first kappa shape index (κ1) is 13.5. The molecule has 72 valence electrons. The van der Waals surface area contributed by atoms with Gasteiger partial charge in [0.2, 0.25) is 0 Å². The van der Waals surface area contributed by atoms with Gasteiger partial charge < -0.3 is 9.90 Å². The van der Waals surface area contributed by atoms with Crippen LogP contribution < -0.4 is 5.11 Å². The summed E-state index contributed by atoms with van der Waals surface area (Å²) in [6, 6.07) is 8.06. The number of carbonyl (C=O) groups is 1. The molecule has 3 heteroatoms. The van der Waals surface area contributed by atoms with Crippen molar-refractivity contribution in [2.45, 2.75) is 24.3 Å². The van der Waals surface area contributed by atoms with Crippen molar-refractivity contribution in [3.63, 3.8) is 0 Å². The normalized spacial score (nSPS) is 10.1. The van der Waals surface area contributed by atoms with Gasteiger partial charge in [0.1, 0.15) is 0 Å². The maximum Gasteiger partial charge on any atom is 0.0715 e. The summed E-state index contributed by atoms with van der Waals surface area (Å²) in [6.07, 6.45) is 0. The van der Waals surface area contributed by atoms with Gasteiger partial charge in [-0.15, -0.1) is 0 Å². The summed E-state index contributed by atoms with van der Waals surface area (Å²) in [5.41, 5.74) is 0.220. The fourth-order valence-electron chi connectivity index (χ4n) is 0.574. The average molecular weight is 203 g/mol. The van der Waals surface area contributed by atoms with Crippen molar-refractivity contribution in [2.24, 2.45) is 0 Å². The first-order chi connectivity index (χ1) is 6.30. The molecule has 0 bridgehead atoms. The van der Waals surface area contributed by atoms with Gasteiger partial charge in [-0.05, 0) is 5.56 Å². The van der Waals surface area contributed by atoms with E-state index in [0.29, 0.717) is 3.54 Å². The molecule has 1 aromatic rings. The standard InChI is InChI=1S/C7H6O2.C4H9.Mg/c8-7(9)6-4-2-1-3-5-6;1-4(2)3;/h1-5H,(H,8,9);1-3H3;/q;;+1/p-1. The zero-order valence-corrected chi connectivity index (χ0v) is 10.3. The Morgan fingerprint density at radius 3 is 1.79 bits per heavy atom. The molecular weight excluding hydrogens is 188 g/mol. The second-order valence-electron chi connectivity index (χ2n) is 4.21. The molecule has 0 aliphatic rings. The molecule has 0 aliphatic carbocycles. The van der Waals surface area contributed by atoms with Crippen LogP contribution in [-0.4, -0.2) is 27.7 Å². The molecule has 0 amide bonds. The quantitative estimate of drug-likeness (QED) is 0.647.